The number of hydrogen-bond donors (Lipinski definition) is 2. The minimum absolute atomic E-state index is 0.229. The lowest BCUT2D eigenvalue weighted by Crippen LogP contribution is -2.43. The summed E-state index contributed by atoms with van der Waals surface area (Å²) in [5, 5.41) is 10.4. The molecule has 3 heterocycles. The summed E-state index contributed by atoms with van der Waals surface area (Å²) in [7, 11) is 0. The molecule has 2 aliphatic heterocycles. The van der Waals surface area contributed by atoms with Gasteiger partial charge in [-0.2, -0.15) is 16.9 Å². The summed E-state index contributed by atoms with van der Waals surface area (Å²) < 4.78 is 1.99. The minimum Gasteiger partial charge on any atom is -0.307 e. The fraction of sp³-hybridized carbons (Fsp3) is 0.524. The molecule has 2 saturated heterocycles. The van der Waals surface area contributed by atoms with E-state index < -0.39 is 0 Å². The number of para-hydroxylation sites is 1. The van der Waals surface area contributed by atoms with Crippen molar-refractivity contribution in [2.24, 2.45) is 0 Å². The van der Waals surface area contributed by atoms with E-state index in [4.69, 9.17) is 0 Å². The Labute approximate surface area is 171 Å². The average molecular weight is 400 g/mol. The Kier molecular flexibility index (Phi) is 6.22. The number of urea groups is 1. The quantitative estimate of drug-likeness (QED) is 0.801. The Balaban J connectivity index is 1.34. The van der Waals surface area contributed by atoms with Crippen LogP contribution in [0.3, 0.4) is 0 Å². The molecule has 0 saturated carbocycles. The highest BCUT2D eigenvalue weighted by atomic mass is 32.2. The minimum atomic E-state index is -0.229. The summed E-state index contributed by atoms with van der Waals surface area (Å²) in [4.78, 5) is 15.1. The second kappa shape index (κ2) is 9.01. The topological polar surface area (TPSA) is 62.2 Å². The van der Waals surface area contributed by atoms with Gasteiger partial charge in [-0.1, -0.05) is 18.2 Å². The molecule has 1 aromatic heterocycles. The van der Waals surface area contributed by atoms with E-state index in [1.165, 1.54) is 24.3 Å². The number of piperidine rings is 1. The van der Waals surface area contributed by atoms with E-state index >= 15 is 0 Å². The molecule has 1 aromatic carbocycles. The summed E-state index contributed by atoms with van der Waals surface area (Å²) in [6.07, 6.45) is 6.58. The molecule has 0 unspecified atom stereocenters. The van der Waals surface area contributed by atoms with Gasteiger partial charge in [0.15, 0.2) is 0 Å². The first kappa shape index (κ1) is 19.3. The number of aromatic nitrogens is 2. The van der Waals surface area contributed by atoms with E-state index in [0.717, 1.165) is 49.0 Å². The monoisotopic (exact) mass is 399 g/mol. The number of rotatable bonds is 4. The van der Waals surface area contributed by atoms with Crippen molar-refractivity contribution >= 4 is 29.3 Å². The largest absolute Gasteiger partial charge is 0.324 e. The molecule has 2 fully saturated rings. The van der Waals surface area contributed by atoms with Gasteiger partial charge in [-0.3, -0.25) is 5.32 Å². The van der Waals surface area contributed by atoms with Crippen molar-refractivity contribution < 1.29 is 4.79 Å². The number of carbonyl (C=O) groups excluding carboxylic acids is 1. The zero-order chi connectivity index (χ0) is 19.3. The summed E-state index contributed by atoms with van der Waals surface area (Å²) in [6.45, 7) is 4.22. The maximum atomic E-state index is 12.5. The van der Waals surface area contributed by atoms with E-state index in [-0.39, 0.29) is 6.03 Å². The third-order valence-electron chi connectivity index (χ3n) is 5.86. The first-order valence-corrected chi connectivity index (χ1v) is 11.3. The van der Waals surface area contributed by atoms with Crippen molar-refractivity contribution in [3.63, 3.8) is 0 Å². The second-order valence-corrected chi connectivity index (χ2v) is 8.89. The number of aryl methyl sites for hydroxylation is 1. The van der Waals surface area contributed by atoms with Crippen molar-refractivity contribution in [2.75, 3.05) is 35.2 Å². The molecule has 0 radical (unpaired) electrons. The Hall–Kier alpha value is -1.99. The molecule has 6 nitrogen and oxygen atoms in total. The third-order valence-corrected chi connectivity index (χ3v) is 6.91. The van der Waals surface area contributed by atoms with E-state index in [1.54, 1.807) is 6.20 Å². The zero-order valence-electron chi connectivity index (χ0n) is 16.4. The van der Waals surface area contributed by atoms with Gasteiger partial charge in [0.05, 0.1) is 12.2 Å². The van der Waals surface area contributed by atoms with E-state index in [0.29, 0.717) is 6.04 Å². The average Bonchev–Trinajstić information content (AvgIpc) is 3.18. The van der Waals surface area contributed by atoms with Crippen LogP contribution >= 0.6 is 11.8 Å². The summed E-state index contributed by atoms with van der Waals surface area (Å²) in [6, 6.07) is 10.5. The van der Waals surface area contributed by atoms with E-state index in [1.807, 2.05) is 41.9 Å². The number of anilines is 2. The zero-order valence-corrected chi connectivity index (χ0v) is 17.3. The standard InChI is InChI=1S/C21H29N5OS/c1-16-4-2-3-5-19(16)23-21(27)24-20-6-11-22-26(20)18-7-12-25(13-8-18)17-9-14-28-15-10-17/h2-6,11,17-18H,7-10,12-15H2,1H3,(H2,23,24,27). The third kappa shape index (κ3) is 4.52. The van der Waals surface area contributed by atoms with Crippen molar-refractivity contribution in [2.45, 2.75) is 44.7 Å². The molecule has 0 atom stereocenters. The second-order valence-electron chi connectivity index (χ2n) is 7.67. The SMILES string of the molecule is Cc1ccccc1NC(=O)Nc1ccnn1C1CCN(C2CCSCC2)CC1. The van der Waals surface area contributed by atoms with Gasteiger partial charge in [-0.25, -0.2) is 9.48 Å². The lowest BCUT2D eigenvalue weighted by Gasteiger charge is -2.39. The number of hydrogen-bond acceptors (Lipinski definition) is 4. The Morgan fingerprint density at radius 2 is 1.79 bits per heavy atom. The number of nitrogens with zero attached hydrogens (tertiary/aromatic N) is 3. The van der Waals surface area contributed by atoms with Gasteiger partial charge >= 0.3 is 6.03 Å². The molecule has 2 amide bonds. The van der Waals surface area contributed by atoms with Crippen molar-refractivity contribution in [3.8, 4) is 0 Å². The highest BCUT2D eigenvalue weighted by Gasteiger charge is 2.28. The van der Waals surface area contributed by atoms with Gasteiger partial charge in [0.2, 0.25) is 0 Å². The predicted molar refractivity (Wildman–Crippen MR) is 116 cm³/mol. The maximum absolute atomic E-state index is 12.5. The van der Waals surface area contributed by atoms with Crippen LogP contribution in [0.4, 0.5) is 16.3 Å². The lowest BCUT2D eigenvalue weighted by atomic mass is 10.0. The molecule has 2 aliphatic rings. The van der Waals surface area contributed by atoms with Gasteiger partial charge < -0.3 is 10.2 Å². The van der Waals surface area contributed by atoms with Gasteiger partial charge in [-0.15, -0.1) is 0 Å². The number of nitrogens with one attached hydrogen (secondary N) is 2. The molecule has 2 N–H and O–H groups in total. The van der Waals surface area contributed by atoms with Crippen LogP contribution in [0.1, 0.15) is 37.3 Å². The lowest BCUT2D eigenvalue weighted by molar-refractivity contribution is 0.125. The van der Waals surface area contributed by atoms with Gasteiger partial charge in [0, 0.05) is 30.9 Å². The van der Waals surface area contributed by atoms with Crippen molar-refractivity contribution in [1.82, 2.24) is 14.7 Å². The molecule has 4 rings (SSSR count). The first-order valence-electron chi connectivity index (χ1n) is 10.2. The van der Waals surface area contributed by atoms with Crippen LogP contribution in [0.5, 0.6) is 0 Å². The normalized spacial score (nSPS) is 19.5. The van der Waals surface area contributed by atoms with Crippen LogP contribution < -0.4 is 10.6 Å². The van der Waals surface area contributed by atoms with Crippen molar-refractivity contribution in [1.29, 1.82) is 0 Å². The summed E-state index contributed by atoms with van der Waals surface area (Å²) >= 11 is 2.08. The van der Waals surface area contributed by atoms with Crippen molar-refractivity contribution in [3.05, 3.63) is 42.1 Å². The molecule has 28 heavy (non-hydrogen) atoms. The molecule has 150 valence electrons. The highest BCUT2D eigenvalue weighted by Crippen LogP contribution is 2.30. The van der Waals surface area contributed by atoms with Crippen LogP contribution in [0.15, 0.2) is 36.5 Å². The molecule has 0 spiro atoms. The molecule has 0 bridgehead atoms. The molecule has 7 heteroatoms. The first-order chi connectivity index (χ1) is 13.7. The molecular weight excluding hydrogens is 370 g/mol. The number of likely N-dealkylation sites (tertiary alicyclic amines) is 1. The van der Waals surface area contributed by atoms with Gasteiger partial charge in [-0.05, 0) is 55.7 Å². The van der Waals surface area contributed by atoms with Crippen LogP contribution in [-0.4, -0.2) is 51.3 Å². The van der Waals surface area contributed by atoms with Crippen LogP contribution in [0.25, 0.3) is 0 Å². The summed E-state index contributed by atoms with van der Waals surface area (Å²) in [5.41, 5.74) is 1.87. The van der Waals surface area contributed by atoms with Crippen LogP contribution in [0.2, 0.25) is 0 Å². The Bertz CT molecular complexity index is 794. The maximum Gasteiger partial charge on any atom is 0.324 e. The Morgan fingerprint density at radius 1 is 1.04 bits per heavy atom. The molecule has 2 aromatic rings. The predicted octanol–water partition coefficient (Wildman–Crippen LogP) is 4.37. The smallest absolute Gasteiger partial charge is 0.307 e. The van der Waals surface area contributed by atoms with Crippen LogP contribution in [-0.2, 0) is 0 Å². The highest BCUT2D eigenvalue weighted by molar-refractivity contribution is 7.99. The fourth-order valence-corrected chi connectivity index (χ4v) is 5.31. The Morgan fingerprint density at radius 3 is 2.54 bits per heavy atom. The number of carbonyl (C=O) groups is 1. The van der Waals surface area contributed by atoms with E-state index in [9.17, 15) is 4.79 Å². The van der Waals surface area contributed by atoms with E-state index in [2.05, 4.69) is 32.4 Å². The number of amides is 2. The summed E-state index contributed by atoms with van der Waals surface area (Å²) in [5.74, 6) is 3.36. The molecular formula is C21H29N5OS. The number of thioether (sulfide) groups is 1. The van der Waals surface area contributed by atoms with Gasteiger partial charge in [0.25, 0.3) is 0 Å². The fourth-order valence-electron chi connectivity index (χ4n) is 4.23. The van der Waals surface area contributed by atoms with Gasteiger partial charge in [0.1, 0.15) is 5.82 Å². The number of benzene rings is 1. The molecule has 0 aliphatic carbocycles. The van der Waals surface area contributed by atoms with Crippen LogP contribution in [0, 0.1) is 6.92 Å².